The lowest BCUT2D eigenvalue weighted by molar-refractivity contribution is -0.148. The summed E-state index contributed by atoms with van der Waals surface area (Å²) in [6.07, 6.45) is 1.36. The van der Waals surface area contributed by atoms with Crippen molar-refractivity contribution >= 4 is 29.7 Å². The van der Waals surface area contributed by atoms with Crippen molar-refractivity contribution < 1.29 is 24.2 Å². The van der Waals surface area contributed by atoms with E-state index >= 15 is 0 Å². The normalized spacial score (nSPS) is 17.8. The summed E-state index contributed by atoms with van der Waals surface area (Å²) in [5, 5.41) is 12.1. The van der Waals surface area contributed by atoms with E-state index in [4.69, 9.17) is 4.74 Å². The van der Waals surface area contributed by atoms with E-state index in [9.17, 15) is 19.5 Å². The molecule has 0 radical (unpaired) electrons. The van der Waals surface area contributed by atoms with Crippen molar-refractivity contribution in [2.75, 3.05) is 18.2 Å². The van der Waals surface area contributed by atoms with Crippen LogP contribution in [-0.4, -0.2) is 58.3 Å². The van der Waals surface area contributed by atoms with E-state index < -0.39 is 24.1 Å². The number of hydrogen-bond donors (Lipinski definition) is 2. The first-order chi connectivity index (χ1) is 16.0. The first-order valence-electron chi connectivity index (χ1n) is 11.2. The molecule has 0 aromatic heterocycles. The Morgan fingerprint density at radius 3 is 2.36 bits per heavy atom. The van der Waals surface area contributed by atoms with Gasteiger partial charge in [0.2, 0.25) is 5.91 Å². The van der Waals surface area contributed by atoms with Crippen molar-refractivity contribution in [3.8, 4) is 11.1 Å². The van der Waals surface area contributed by atoms with Gasteiger partial charge >= 0.3 is 12.1 Å². The summed E-state index contributed by atoms with van der Waals surface area (Å²) in [5.74, 6) is -0.797. The number of carboxylic acids is 1. The zero-order chi connectivity index (χ0) is 23.4. The molecule has 4 rings (SSSR count). The van der Waals surface area contributed by atoms with Gasteiger partial charge in [0.05, 0.1) is 5.88 Å². The summed E-state index contributed by atoms with van der Waals surface area (Å²) in [6, 6.07) is 14.5. The summed E-state index contributed by atoms with van der Waals surface area (Å²) in [5.41, 5.74) is 4.51. The molecular weight excluding hydrogens is 440 g/mol. The number of nitrogens with zero attached hydrogens (tertiary/aromatic N) is 1. The van der Waals surface area contributed by atoms with E-state index in [2.05, 4.69) is 17.4 Å². The second-order valence-electron chi connectivity index (χ2n) is 8.33. The lowest BCUT2D eigenvalue weighted by Gasteiger charge is -2.26. The fourth-order valence-corrected chi connectivity index (χ4v) is 5.67. The third-order valence-electron chi connectivity index (χ3n) is 6.23. The highest BCUT2D eigenvalue weighted by Crippen LogP contribution is 2.44. The van der Waals surface area contributed by atoms with Crippen LogP contribution in [0.2, 0.25) is 0 Å². The summed E-state index contributed by atoms with van der Waals surface area (Å²) in [6.45, 7) is 2.16. The minimum atomic E-state index is -1.02. The number of benzene rings is 2. The third kappa shape index (κ3) is 4.85. The smallest absolute Gasteiger partial charge is 0.407 e. The number of carboxylic acid groups (broad SMARTS) is 1. The Hall–Kier alpha value is -3.00. The van der Waals surface area contributed by atoms with Gasteiger partial charge in [0.15, 0.2) is 0 Å². The maximum absolute atomic E-state index is 13.1. The molecule has 1 fully saturated rings. The van der Waals surface area contributed by atoms with Crippen LogP contribution >= 0.6 is 11.8 Å². The molecule has 7 nitrogen and oxygen atoms in total. The molecule has 1 aliphatic heterocycles. The second-order valence-corrected chi connectivity index (χ2v) is 9.33. The van der Waals surface area contributed by atoms with Gasteiger partial charge in [-0.25, -0.2) is 9.59 Å². The minimum absolute atomic E-state index is 0.0701. The number of rotatable bonds is 8. The van der Waals surface area contributed by atoms with Crippen LogP contribution in [0.15, 0.2) is 48.5 Å². The Morgan fingerprint density at radius 2 is 1.76 bits per heavy atom. The van der Waals surface area contributed by atoms with Crippen LogP contribution in [0.4, 0.5) is 4.79 Å². The highest BCUT2D eigenvalue weighted by atomic mass is 32.2. The molecule has 0 saturated carbocycles. The third-order valence-corrected chi connectivity index (χ3v) is 7.24. The summed E-state index contributed by atoms with van der Waals surface area (Å²) in [7, 11) is 0. The van der Waals surface area contributed by atoms with Crippen LogP contribution in [0.1, 0.15) is 43.2 Å². The van der Waals surface area contributed by atoms with Crippen molar-refractivity contribution in [3.63, 3.8) is 0 Å². The van der Waals surface area contributed by atoms with Gasteiger partial charge in [-0.2, -0.15) is 0 Å². The first-order valence-corrected chi connectivity index (χ1v) is 12.4. The summed E-state index contributed by atoms with van der Waals surface area (Å²) < 4.78 is 5.59. The maximum Gasteiger partial charge on any atom is 0.407 e. The monoisotopic (exact) mass is 468 g/mol. The fraction of sp³-hybridized carbons (Fsp3) is 0.400. The lowest BCUT2D eigenvalue weighted by Crippen LogP contribution is -2.52. The predicted molar refractivity (Wildman–Crippen MR) is 127 cm³/mol. The Bertz CT molecular complexity index is 997. The molecule has 1 aliphatic carbocycles. The number of nitrogens with one attached hydrogen (secondary N) is 1. The van der Waals surface area contributed by atoms with Gasteiger partial charge < -0.3 is 20.1 Å². The zero-order valence-corrected chi connectivity index (χ0v) is 19.3. The molecule has 33 heavy (non-hydrogen) atoms. The van der Waals surface area contributed by atoms with E-state index in [1.54, 1.807) is 0 Å². The Balaban J connectivity index is 1.43. The first kappa shape index (κ1) is 23.2. The number of hydrogen-bond acceptors (Lipinski definition) is 5. The molecule has 2 aromatic carbocycles. The average Bonchev–Trinajstić information content (AvgIpc) is 3.43. The van der Waals surface area contributed by atoms with Crippen LogP contribution in [0.5, 0.6) is 0 Å². The Kier molecular flexibility index (Phi) is 7.23. The van der Waals surface area contributed by atoms with Crippen molar-refractivity contribution in [2.24, 2.45) is 0 Å². The van der Waals surface area contributed by atoms with Crippen LogP contribution in [0.3, 0.4) is 0 Å². The molecule has 2 aliphatic rings. The lowest BCUT2D eigenvalue weighted by atomic mass is 9.98. The van der Waals surface area contributed by atoms with Crippen molar-refractivity contribution in [1.82, 2.24) is 10.2 Å². The predicted octanol–water partition coefficient (Wildman–Crippen LogP) is 4.07. The van der Waals surface area contributed by atoms with E-state index in [0.29, 0.717) is 18.1 Å². The standard InChI is InChI=1S/C25H28N2O5S/c1-2-3-12-21(23(28)27-15-33-14-22(27)24(29)30)26-25(31)32-13-20-18-10-6-4-8-16(18)17-9-5-7-11-19(17)20/h4-11,20-22H,2-3,12-15H2,1H3,(H,26,31)(H,29,30)/t21-,22?/m0/s1. The fourth-order valence-electron chi connectivity index (χ4n) is 4.51. The maximum atomic E-state index is 13.1. The molecule has 1 heterocycles. The molecule has 0 spiro atoms. The van der Waals surface area contributed by atoms with E-state index in [-0.39, 0.29) is 18.4 Å². The van der Waals surface area contributed by atoms with Crippen LogP contribution in [-0.2, 0) is 14.3 Å². The van der Waals surface area contributed by atoms with E-state index in [1.165, 1.54) is 16.7 Å². The number of thioether (sulfide) groups is 1. The number of amides is 2. The van der Waals surface area contributed by atoms with Crippen molar-refractivity contribution in [1.29, 1.82) is 0 Å². The SMILES string of the molecule is CCCC[C@H](NC(=O)OCC1c2ccccc2-c2ccccc21)C(=O)N1CSCC1C(=O)O. The summed E-state index contributed by atoms with van der Waals surface area (Å²) >= 11 is 1.40. The zero-order valence-electron chi connectivity index (χ0n) is 18.5. The van der Waals surface area contributed by atoms with Crippen molar-refractivity contribution in [2.45, 2.75) is 44.2 Å². The van der Waals surface area contributed by atoms with Gasteiger partial charge in [0.25, 0.3) is 0 Å². The number of carbonyl (C=O) groups is 3. The van der Waals surface area contributed by atoms with E-state index in [0.717, 1.165) is 35.1 Å². The largest absolute Gasteiger partial charge is 0.480 e. The quantitative estimate of drug-likeness (QED) is 0.606. The van der Waals surface area contributed by atoms with Crippen molar-refractivity contribution in [3.05, 3.63) is 59.7 Å². The molecular formula is C25H28N2O5S. The van der Waals surface area contributed by atoms with Gasteiger partial charge in [-0.15, -0.1) is 11.8 Å². The average molecular weight is 469 g/mol. The molecule has 2 atom stereocenters. The molecule has 174 valence electrons. The van der Waals surface area contributed by atoms with Gasteiger partial charge in [-0.05, 0) is 28.7 Å². The molecule has 8 heteroatoms. The van der Waals surface area contributed by atoms with Gasteiger partial charge in [-0.1, -0.05) is 68.3 Å². The molecule has 1 saturated heterocycles. The second kappa shape index (κ2) is 10.3. The number of aliphatic carboxylic acids is 1. The number of alkyl carbamates (subject to hydrolysis) is 1. The van der Waals surface area contributed by atoms with Gasteiger partial charge in [0.1, 0.15) is 18.7 Å². The number of unbranched alkanes of at least 4 members (excludes halogenated alkanes) is 1. The Labute approximate surface area is 197 Å². The molecule has 2 amide bonds. The molecule has 2 N–H and O–H groups in total. The molecule has 1 unspecified atom stereocenters. The number of carbonyl (C=O) groups excluding carboxylic acids is 2. The minimum Gasteiger partial charge on any atom is -0.480 e. The van der Waals surface area contributed by atoms with Crippen LogP contribution in [0.25, 0.3) is 11.1 Å². The highest BCUT2D eigenvalue weighted by molar-refractivity contribution is 7.99. The van der Waals surface area contributed by atoms with E-state index in [1.807, 2.05) is 43.3 Å². The number of fused-ring (bicyclic) bond motifs is 3. The van der Waals surface area contributed by atoms with Gasteiger partial charge in [-0.3, -0.25) is 4.79 Å². The molecule has 2 aromatic rings. The highest BCUT2D eigenvalue weighted by Gasteiger charge is 2.38. The number of ether oxygens (including phenoxy) is 1. The van der Waals surface area contributed by atoms with Gasteiger partial charge in [0, 0.05) is 11.7 Å². The molecule has 0 bridgehead atoms. The Morgan fingerprint density at radius 1 is 1.12 bits per heavy atom. The van der Waals surface area contributed by atoms with Crippen LogP contribution < -0.4 is 5.32 Å². The summed E-state index contributed by atoms with van der Waals surface area (Å²) in [4.78, 5) is 38.6. The topological polar surface area (TPSA) is 95.9 Å². The van der Waals surface area contributed by atoms with Crippen LogP contribution in [0, 0.1) is 0 Å².